The Kier molecular flexibility index (Phi) is 2.31. The highest BCUT2D eigenvalue weighted by Gasteiger charge is 2.69. The van der Waals surface area contributed by atoms with E-state index in [0.717, 1.165) is 11.7 Å². The summed E-state index contributed by atoms with van der Waals surface area (Å²) in [5, 5.41) is 2.69. The first-order valence-electron chi connectivity index (χ1n) is 9.65. The van der Waals surface area contributed by atoms with Gasteiger partial charge in [-0.2, -0.15) is 0 Å². The van der Waals surface area contributed by atoms with Gasteiger partial charge in [0, 0.05) is 33.7 Å². The molecule has 128 valence electrons. The van der Waals surface area contributed by atoms with Crippen LogP contribution in [0.1, 0.15) is 50.7 Å². The molecule has 1 N–H and O–H groups in total. The summed E-state index contributed by atoms with van der Waals surface area (Å²) in [6.07, 6.45) is 2.51. The predicted octanol–water partition coefficient (Wildman–Crippen LogP) is 5.93. The van der Waals surface area contributed by atoms with Crippen LogP contribution in [0.5, 0.6) is 5.75 Å². The van der Waals surface area contributed by atoms with E-state index in [1.165, 1.54) is 45.8 Å². The molecule has 0 unspecified atom stereocenters. The maximum Gasteiger partial charge on any atom is 0.128 e. The fraction of sp³-hybridized carbons (Fsp3) is 0.478. The van der Waals surface area contributed by atoms with Gasteiger partial charge >= 0.3 is 0 Å². The van der Waals surface area contributed by atoms with Crippen molar-refractivity contribution in [2.24, 2.45) is 17.3 Å². The zero-order chi connectivity index (χ0) is 17.1. The summed E-state index contributed by atoms with van der Waals surface area (Å²) in [6, 6.07) is 11.0. The van der Waals surface area contributed by atoms with Crippen molar-refractivity contribution in [1.82, 2.24) is 4.98 Å². The number of H-pyrrole nitrogens is 1. The summed E-state index contributed by atoms with van der Waals surface area (Å²) in [5.41, 5.74) is 5.68. The second-order valence-corrected chi connectivity index (χ2v) is 9.41. The molecule has 0 radical (unpaired) electrons. The zero-order valence-electron chi connectivity index (χ0n) is 15.4. The van der Waals surface area contributed by atoms with Gasteiger partial charge in [0.05, 0.1) is 5.52 Å². The lowest BCUT2D eigenvalue weighted by molar-refractivity contribution is -0.119. The van der Waals surface area contributed by atoms with Crippen LogP contribution in [0.15, 0.2) is 30.3 Å². The van der Waals surface area contributed by atoms with Crippen LogP contribution in [-0.4, -0.2) is 10.6 Å². The fourth-order valence-corrected chi connectivity index (χ4v) is 6.68. The maximum absolute atomic E-state index is 6.75. The minimum Gasteiger partial charge on any atom is -0.487 e. The minimum absolute atomic E-state index is 0.0301. The van der Waals surface area contributed by atoms with Gasteiger partial charge in [-0.3, -0.25) is 0 Å². The number of aromatic nitrogens is 1. The number of hydrogen-bond acceptors (Lipinski definition) is 1. The smallest absolute Gasteiger partial charge is 0.128 e. The molecular weight excluding hydrogens is 306 g/mol. The summed E-state index contributed by atoms with van der Waals surface area (Å²) in [6.45, 7) is 9.55. The molecule has 0 saturated heterocycles. The molecule has 6 rings (SSSR count). The molecule has 2 nitrogen and oxygen atoms in total. The highest BCUT2D eigenvalue weighted by atomic mass is 16.5. The van der Waals surface area contributed by atoms with Crippen LogP contribution < -0.4 is 4.74 Å². The van der Waals surface area contributed by atoms with E-state index in [1.807, 2.05) is 0 Å². The molecule has 0 amide bonds. The van der Waals surface area contributed by atoms with Crippen molar-refractivity contribution in [3.8, 4) is 5.75 Å². The number of rotatable bonds is 0. The molecule has 2 heterocycles. The number of benzene rings is 2. The molecule has 0 spiro atoms. The van der Waals surface area contributed by atoms with Crippen molar-refractivity contribution < 1.29 is 4.74 Å². The maximum atomic E-state index is 6.75. The Balaban J connectivity index is 1.74. The normalized spacial score (nSPS) is 34.5. The molecule has 0 bridgehead atoms. The van der Waals surface area contributed by atoms with E-state index in [2.05, 4.69) is 63.0 Å². The van der Waals surface area contributed by atoms with Gasteiger partial charge in [0.1, 0.15) is 11.4 Å². The van der Waals surface area contributed by atoms with Gasteiger partial charge in [0.15, 0.2) is 0 Å². The molecule has 2 aliphatic carbocycles. The molecule has 1 aromatic heterocycles. The zero-order valence-corrected chi connectivity index (χ0v) is 15.4. The Morgan fingerprint density at radius 2 is 1.92 bits per heavy atom. The lowest BCUT2D eigenvalue weighted by Crippen LogP contribution is -2.59. The van der Waals surface area contributed by atoms with Crippen LogP contribution in [0.25, 0.3) is 21.8 Å². The summed E-state index contributed by atoms with van der Waals surface area (Å²) < 4.78 is 6.75. The standard InChI is InChI=1S/C23H25NO/c1-12-11-14-13-7-5-6-8-16(13)24-20(14)17-19-18-15(22(19,2)3)9-10-23(18,4)25-21(12)17/h5-8,11,15,18-19,24H,9-10H2,1-4H3/t15-,18-,19-,23-/m1/s1. The lowest BCUT2D eigenvalue weighted by Gasteiger charge is -2.62. The second kappa shape index (κ2) is 4.06. The first-order valence-corrected chi connectivity index (χ1v) is 9.65. The molecule has 2 saturated carbocycles. The van der Waals surface area contributed by atoms with Gasteiger partial charge in [-0.1, -0.05) is 32.0 Å². The van der Waals surface area contributed by atoms with E-state index in [-0.39, 0.29) is 5.60 Å². The van der Waals surface area contributed by atoms with Crippen molar-refractivity contribution in [1.29, 1.82) is 0 Å². The monoisotopic (exact) mass is 331 g/mol. The Hall–Kier alpha value is -1.96. The van der Waals surface area contributed by atoms with Gasteiger partial charge in [-0.05, 0) is 55.7 Å². The van der Waals surface area contributed by atoms with Gasteiger partial charge in [-0.25, -0.2) is 0 Å². The average Bonchev–Trinajstić information content (AvgIpc) is 3.10. The molecular formula is C23H25NO. The number of nitrogens with one attached hydrogen (secondary N) is 1. The van der Waals surface area contributed by atoms with E-state index in [9.17, 15) is 0 Å². The number of aryl methyl sites for hydroxylation is 1. The second-order valence-electron chi connectivity index (χ2n) is 9.41. The Morgan fingerprint density at radius 1 is 1.12 bits per heavy atom. The number of ether oxygens (including phenoxy) is 1. The molecule has 4 atom stereocenters. The molecule has 3 aliphatic rings. The highest BCUT2D eigenvalue weighted by Crippen LogP contribution is 2.74. The van der Waals surface area contributed by atoms with E-state index >= 15 is 0 Å². The van der Waals surface area contributed by atoms with Crippen molar-refractivity contribution in [3.63, 3.8) is 0 Å². The topological polar surface area (TPSA) is 25.0 Å². The molecule has 2 aromatic carbocycles. The number of para-hydroxylation sites is 1. The third-order valence-corrected chi connectivity index (χ3v) is 7.83. The van der Waals surface area contributed by atoms with E-state index in [1.54, 1.807) is 0 Å². The first-order chi connectivity index (χ1) is 11.9. The van der Waals surface area contributed by atoms with Crippen molar-refractivity contribution in [3.05, 3.63) is 41.5 Å². The van der Waals surface area contributed by atoms with E-state index in [0.29, 0.717) is 17.3 Å². The Morgan fingerprint density at radius 3 is 2.76 bits per heavy atom. The lowest BCUT2D eigenvalue weighted by atomic mass is 9.45. The average molecular weight is 331 g/mol. The van der Waals surface area contributed by atoms with Gasteiger partial charge < -0.3 is 9.72 Å². The molecule has 3 aromatic rings. The van der Waals surface area contributed by atoms with Crippen molar-refractivity contribution in [2.45, 2.75) is 52.1 Å². The summed E-state index contributed by atoms with van der Waals surface area (Å²) >= 11 is 0. The Bertz CT molecular complexity index is 1060. The van der Waals surface area contributed by atoms with Crippen LogP contribution in [0.3, 0.4) is 0 Å². The van der Waals surface area contributed by atoms with E-state index in [4.69, 9.17) is 4.74 Å². The minimum atomic E-state index is 0.0301. The summed E-state index contributed by atoms with van der Waals surface area (Å²) in [5.74, 6) is 3.24. The number of hydrogen-bond donors (Lipinski definition) is 1. The van der Waals surface area contributed by atoms with Crippen molar-refractivity contribution in [2.75, 3.05) is 0 Å². The molecule has 2 fully saturated rings. The van der Waals surface area contributed by atoms with E-state index < -0.39 is 0 Å². The predicted molar refractivity (Wildman–Crippen MR) is 102 cm³/mol. The molecule has 1 aliphatic heterocycles. The molecule has 2 heteroatoms. The first kappa shape index (κ1) is 14.2. The number of aromatic amines is 1. The van der Waals surface area contributed by atoms with Gasteiger partial charge in [0.25, 0.3) is 0 Å². The fourth-order valence-electron chi connectivity index (χ4n) is 6.68. The van der Waals surface area contributed by atoms with Crippen LogP contribution in [0.4, 0.5) is 0 Å². The van der Waals surface area contributed by atoms with Crippen molar-refractivity contribution >= 4 is 21.8 Å². The Labute approximate surface area is 148 Å². The SMILES string of the molecule is Cc1cc2c([nH]c3ccccc32)c2c1O[C@]1(C)CC[C@@H]3[C@@H]1[C@@H]2C3(C)C. The quantitative estimate of drug-likeness (QED) is 0.542. The van der Waals surface area contributed by atoms with Gasteiger partial charge in [0.2, 0.25) is 0 Å². The highest BCUT2D eigenvalue weighted by molar-refractivity contribution is 6.09. The van der Waals surface area contributed by atoms with Crippen LogP contribution in [0.2, 0.25) is 0 Å². The summed E-state index contributed by atoms with van der Waals surface area (Å²) in [4.78, 5) is 3.74. The van der Waals surface area contributed by atoms with Crippen LogP contribution >= 0.6 is 0 Å². The number of fused-ring (bicyclic) bond motifs is 6. The van der Waals surface area contributed by atoms with Gasteiger partial charge in [-0.15, -0.1) is 0 Å². The summed E-state index contributed by atoms with van der Waals surface area (Å²) in [7, 11) is 0. The third-order valence-electron chi connectivity index (χ3n) is 7.83. The molecule has 25 heavy (non-hydrogen) atoms. The third kappa shape index (κ3) is 1.45. The largest absolute Gasteiger partial charge is 0.487 e. The van der Waals surface area contributed by atoms with Crippen LogP contribution in [-0.2, 0) is 0 Å². The van der Waals surface area contributed by atoms with Crippen LogP contribution in [0, 0.1) is 24.2 Å².